The Hall–Kier alpha value is -4.35. The molecule has 0 fully saturated rings. The van der Waals surface area contributed by atoms with Gasteiger partial charge in [0.1, 0.15) is 23.0 Å². The first-order valence-electron chi connectivity index (χ1n) is 9.56. The van der Waals surface area contributed by atoms with E-state index in [4.69, 9.17) is 22.3 Å². The second-order valence-electron chi connectivity index (χ2n) is 6.99. The van der Waals surface area contributed by atoms with Crippen LogP contribution in [0.3, 0.4) is 0 Å². The number of benzene rings is 3. The molecule has 1 spiro atoms. The third kappa shape index (κ3) is 3.23. The number of terminal acetylenes is 2. The zero-order valence-corrected chi connectivity index (χ0v) is 16.5. The fraction of sp³-hybridized carbons (Fsp3) is 0.115. The molecule has 0 saturated carbocycles. The minimum Gasteiger partial charge on any atom is -0.508 e. The standard InChI is InChI=1S/C20H12O5.C6H6/c21-11-5-7-15-17(9-11)24-18-10-12(22)6-8-16(18)20(15)14-4-2-1-3-13(14)19(23)25-20;1-3-5-6-4-2/h1-10,21-22H;1-2H,5-6H2. The molecule has 2 heterocycles. The molecular formula is C26H18O5. The Balaban J connectivity index is 0.000000342. The molecule has 5 rings (SSSR count). The van der Waals surface area contributed by atoms with E-state index in [1.807, 2.05) is 12.1 Å². The van der Waals surface area contributed by atoms with E-state index in [0.717, 1.165) is 0 Å². The summed E-state index contributed by atoms with van der Waals surface area (Å²) in [4.78, 5) is 12.5. The number of hydrogen-bond acceptors (Lipinski definition) is 5. The number of fused-ring (bicyclic) bond motifs is 6. The van der Waals surface area contributed by atoms with Crippen LogP contribution >= 0.6 is 0 Å². The molecule has 0 aromatic heterocycles. The van der Waals surface area contributed by atoms with E-state index in [2.05, 4.69) is 11.8 Å². The molecule has 0 bridgehead atoms. The highest BCUT2D eigenvalue weighted by Crippen LogP contribution is 2.56. The van der Waals surface area contributed by atoms with Crippen LogP contribution in [-0.4, -0.2) is 16.2 Å². The molecule has 0 amide bonds. The summed E-state index contributed by atoms with van der Waals surface area (Å²) in [6.45, 7) is 0. The van der Waals surface area contributed by atoms with Crippen LogP contribution in [0.2, 0.25) is 0 Å². The largest absolute Gasteiger partial charge is 0.508 e. The van der Waals surface area contributed by atoms with Gasteiger partial charge in [0, 0.05) is 41.7 Å². The van der Waals surface area contributed by atoms with Gasteiger partial charge in [0.15, 0.2) is 5.60 Å². The van der Waals surface area contributed by atoms with Crippen molar-refractivity contribution < 1.29 is 24.5 Å². The van der Waals surface area contributed by atoms with Gasteiger partial charge in [-0.3, -0.25) is 0 Å². The van der Waals surface area contributed by atoms with Gasteiger partial charge in [-0.25, -0.2) is 4.79 Å². The van der Waals surface area contributed by atoms with Gasteiger partial charge in [-0.2, -0.15) is 0 Å². The summed E-state index contributed by atoms with van der Waals surface area (Å²) < 4.78 is 11.8. The highest BCUT2D eigenvalue weighted by molar-refractivity contribution is 5.97. The molecule has 3 aromatic carbocycles. The number of unbranched alkanes of at least 4 members (excludes halogenated alkanes) is 1. The van der Waals surface area contributed by atoms with Crippen LogP contribution in [0.25, 0.3) is 0 Å². The summed E-state index contributed by atoms with van der Waals surface area (Å²) in [6.07, 6.45) is 11.1. The van der Waals surface area contributed by atoms with Crippen molar-refractivity contribution in [1.82, 2.24) is 0 Å². The number of phenols is 2. The maximum absolute atomic E-state index is 12.5. The lowest BCUT2D eigenvalue weighted by Gasteiger charge is -2.36. The first-order chi connectivity index (χ1) is 15.0. The monoisotopic (exact) mass is 410 g/mol. The number of ether oxygens (including phenoxy) is 2. The summed E-state index contributed by atoms with van der Waals surface area (Å²) in [5, 5.41) is 19.7. The van der Waals surface area contributed by atoms with Crippen molar-refractivity contribution >= 4 is 5.97 Å². The molecule has 0 atom stereocenters. The van der Waals surface area contributed by atoms with Gasteiger partial charge >= 0.3 is 5.97 Å². The number of hydrogen-bond donors (Lipinski definition) is 2. The van der Waals surface area contributed by atoms with Gasteiger partial charge in [0.05, 0.1) is 5.56 Å². The fourth-order valence-corrected chi connectivity index (χ4v) is 3.80. The molecule has 0 unspecified atom stereocenters. The van der Waals surface area contributed by atoms with Crippen LogP contribution in [0.15, 0.2) is 60.7 Å². The molecule has 3 aromatic rings. The molecule has 31 heavy (non-hydrogen) atoms. The quantitative estimate of drug-likeness (QED) is 0.346. The Kier molecular flexibility index (Phi) is 5.03. The van der Waals surface area contributed by atoms with E-state index in [1.54, 1.807) is 24.3 Å². The van der Waals surface area contributed by atoms with E-state index in [9.17, 15) is 15.0 Å². The van der Waals surface area contributed by atoms with Crippen molar-refractivity contribution in [2.45, 2.75) is 18.4 Å². The number of rotatable bonds is 1. The van der Waals surface area contributed by atoms with Gasteiger partial charge in [-0.15, -0.1) is 24.7 Å². The second kappa shape index (κ2) is 7.82. The van der Waals surface area contributed by atoms with Crippen LogP contribution in [0, 0.1) is 24.7 Å². The normalized spacial score (nSPS) is 13.8. The smallest absolute Gasteiger partial charge is 0.340 e. The summed E-state index contributed by atoms with van der Waals surface area (Å²) >= 11 is 0. The lowest BCUT2D eigenvalue weighted by atomic mass is 9.77. The predicted molar refractivity (Wildman–Crippen MR) is 115 cm³/mol. The second-order valence-corrected chi connectivity index (χ2v) is 6.99. The predicted octanol–water partition coefficient (Wildman–Crippen LogP) is 4.70. The molecule has 0 saturated heterocycles. The Labute approximate surface area is 179 Å². The maximum atomic E-state index is 12.5. The van der Waals surface area contributed by atoms with Gasteiger partial charge in [0.25, 0.3) is 0 Å². The molecule has 152 valence electrons. The number of carbonyl (C=O) groups excluding carboxylic acids is 1. The molecule has 5 nitrogen and oxygen atoms in total. The average Bonchev–Trinajstić information content (AvgIpc) is 3.05. The highest BCUT2D eigenvalue weighted by Gasteiger charge is 2.53. The van der Waals surface area contributed by atoms with Crippen LogP contribution in [0.4, 0.5) is 0 Å². The SMILES string of the molecule is C#CCCC#C.O=C1OC2(c3ccc(O)cc3Oc3cc(O)ccc32)c2ccccc21. The summed E-state index contributed by atoms with van der Waals surface area (Å²) in [5.41, 5.74) is 1.28. The molecule has 0 aliphatic carbocycles. The fourth-order valence-electron chi connectivity index (χ4n) is 3.80. The lowest BCUT2D eigenvalue weighted by Crippen LogP contribution is -2.32. The summed E-state index contributed by atoms with van der Waals surface area (Å²) in [5.74, 6) is 5.26. The molecule has 2 N–H and O–H groups in total. The third-order valence-corrected chi connectivity index (χ3v) is 5.09. The topological polar surface area (TPSA) is 76.0 Å². The Morgan fingerprint density at radius 3 is 1.90 bits per heavy atom. The number of carbonyl (C=O) groups is 1. The highest BCUT2D eigenvalue weighted by atomic mass is 16.6. The van der Waals surface area contributed by atoms with Crippen molar-refractivity contribution in [1.29, 1.82) is 0 Å². The number of phenolic OH excluding ortho intramolecular Hbond substituents is 2. The van der Waals surface area contributed by atoms with E-state index in [1.165, 1.54) is 24.3 Å². The Bertz CT molecular complexity index is 1190. The van der Waals surface area contributed by atoms with Crippen LogP contribution in [0.1, 0.15) is 39.9 Å². The van der Waals surface area contributed by atoms with Crippen molar-refractivity contribution in [2.24, 2.45) is 0 Å². The molecule has 5 heteroatoms. The summed E-state index contributed by atoms with van der Waals surface area (Å²) in [6, 6.07) is 16.6. The Morgan fingerprint density at radius 2 is 1.35 bits per heavy atom. The third-order valence-electron chi connectivity index (χ3n) is 5.09. The molecule has 2 aliphatic heterocycles. The summed E-state index contributed by atoms with van der Waals surface area (Å²) in [7, 11) is 0. The van der Waals surface area contributed by atoms with E-state index in [0.29, 0.717) is 46.6 Å². The minimum absolute atomic E-state index is 0.0371. The zero-order valence-electron chi connectivity index (χ0n) is 16.5. The van der Waals surface area contributed by atoms with Crippen LogP contribution < -0.4 is 4.74 Å². The van der Waals surface area contributed by atoms with E-state index in [-0.39, 0.29) is 11.5 Å². The van der Waals surface area contributed by atoms with Gasteiger partial charge in [0.2, 0.25) is 0 Å². The first kappa shape index (κ1) is 19.9. The van der Waals surface area contributed by atoms with E-state index >= 15 is 0 Å². The van der Waals surface area contributed by atoms with E-state index < -0.39 is 11.6 Å². The zero-order chi connectivity index (χ0) is 22.0. The minimum atomic E-state index is -1.17. The van der Waals surface area contributed by atoms with Crippen molar-refractivity contribution in [3.63, 3.8) is 0 Å². The number of aromatic hydroxyl groups is 2. The maximum Gasteiger partial charge on any atom is 0.340 e. The number of esters is 1. The molecule has 2 aliphatic rings. The van der Waals surface area contributed by atoms with Crippen LogP contribution in [-0.2, 0) is 10.3 Å². The molecule has 0 radical (unpaired) electrons. The van der Waals surface area contributed by atoms with Gasteiger partial charge < -0.3 is 19.7 Å². The first-order valence-corrected chi connectivity index (χ1v) is 9.56. The van der Waals surface area contributed by atoms with Crippen molar-refractivity contribution in [3.8, 4) is 47.7 Å². The van der Waals surface area contributed by atoms with Gasteiger partial charge in [-0.05, 0) is 30.3 Å². The van der Waals surface area contributed by atoms with Crippen molar-refractivity contribution in [2.75, 3.05) is 0 Å². The van der Waals surface area contributed by atoms with Gasteiger partial charge in [-0.1, -0.05) is 18.2 Å². The Morgan fingerprint density at radius 1 is 0.806 bits per heavy atom. The van der Waals surface area contributed by atoms with Crippen LogP contribution in [0.5, 0.6) is 23.0 Å². The lowest BCUT2D eigenvalue weighted by molar-refractivity contribution is 0.0224. The molecular weight excluding hydrogens is 392 g/mol. The van der Waals surface area contributed by atoms with Crippen molar-refractivity contribution in [3.05, 3.63) is 82.9 Å². The average molecular weight is 410 g/mol.